The van der Waals surface area contributed by atoms with E-state index in [4.69, 9.17) is 4.74 Å². The van der Waals surface area contributed by atoms with Gasteiger partial charge in [-0.25, -0.2) is 4.39 Å². The largest absolute Gasteiger partial charge is 0.490 e. The van der Waals surface area contributed by atoms with Gasteiger partial charge >= 0.3 is 0 Å². The minimum absolute atomic E-state index is 0.495. The zero-order chi connectivity index (χ0) is 17.2. The zero-order valence-electron chi connectivity index (χ0n) is 14.0. The first kappa shape index (κ1) is 17.7. The number of pyridine rings is 1. The van der Waals surface area contributed by atoms with Crippen LogP contribution >= 0.6 is 0 Å². The summed E-state index contributed by atoms with van der Waals surface area (Å²) in [6.07, 6.45) is 4.80. The molecule has 0 aliphatic heterocycles. The summed E-state index contributed by atoms with van der Waals surface area (Å²) in [5, 5.41) is 0. The van der Waals surface area contributed by atoms with Gasteiger partial charge in [-0.15, -0.1) is 0 Å². The zero-order valence-corrected chi connectivity index (χ0v) is 14.0. The lowest BCUT2D eigenvalue weighted by Crippen LogP contribution is -1.92. The van der Waals surface area contributed by atoms with Crippen LogP contribution in [0.1, 0.15) is 31.7 Å². The fourth-order valence-electron chi connectivity index (χ4n) is 2.15. The van der Waals surface area contributed by atoms with Gasteiger partial charge in [0.05, 0.1) is 11.9 Å². The van der Waals surface area contributed by atoms with Crippen LogP contribution < -0.4 is 4.74 Å². The van der Waals surface area contributed by atoms with E-state index in [0.29, 0.717) is 19.4 Å². The van der Waals surface area contributed by atoms with Gasteiger partial charge in [-0.05, 0) is 56.2 Å². The highest BCUT2D eigenvalue weighted by Gasteiger charge is 2.00. The molecule has 1 atom stereocenters. The van der Waals surface area contributed by atoms with Crippen LogP contribution in [0.15, 0.2) is 55.3 Å². The second-order valence-corrected chi connectivity index (χ2v) is 5.53. The molecule has 0 spiro atoms. The van der Waals surface area contributed by atoms with Crippen molar-refractivity contribution in [1.82, 2.24) is 4.98 Å². The van der Waals surface area contributed by atoms with Crippen LogP contribution in [0.3, 0.4) is 0 Å². The standard InChI is InChI=1S/C21H22FNO/c1-3-15-24-20-12-10-19(11-13-20)21-14-9-18(16-23-21)8-6-4-5-7-17(2)22/h3,9-14,16-17H,1,4-5,7,15H2,2H3. The molecule has 0 bridgehead atoms. The van der Waals surface area contributed by atoms with Crippen molar-refractivity contribution in [2.45, 2.75) is 32.4 Å². The molecule has 0 fully saturated rings. The molecular formula is C21H22FNO. The Labute approximate surface area is 143 Å². The van der Waals surface area contributed by atoms with Gasteiger partial charge in [0.15, 0.2) is 0 Å². The van der Waals surface area contributed by atoms with Crippen LogP contribution in [0.4, 0.5) is 4.39 Å². The van der Waals surface area contributed by atoms with Crippen LogP contribution in [0, 0.1) is 11.8 Å². The number of nitrogens with zero attached hydrogens (tertiary/aromatic N) is 1. The maximum atomic E-state index is 12.7. The molecule has 1 heterocycles. The quantitative estimate of drug-likeness (QED) is 0.397. The molecule has 124 valence electrons. The smallest absolute Gasteiger partial charge is 0.119 e. The van der Waals surface area contributed by atoms with Crippen molar-refractivity contribution in [2.75, 3.05) is 6.61 Å². The SMILES string of the molecule is C=CCOc1ccc(-c2ccc(C#CCCCC(C)F)cn2)cc1. The number of hydrogen-bond donors (Lipinski definition) is 0. The minimum Gasteiger partial charge on any atom is -0.490 e. The van der Waals surface area contributed by atoms with E-state index in [-0.39, 0.29) is 0 Å². The first-order chi connectivity index (χ1) is 11.7. The molecule has 1 aromatic heterocycles. The lowest BCUT2D eigenvalue weighted by Gasteiger charge is -2.05. The van der Waals surface area contributed by atoms with E-state index in [2.05, 4.69) is 23.4 Å². The number of aromatic nitrogens is 1. The highest BCUT2D eigenvalue weighted by atomic mass is 19.1. The van der Waals surface area contributed by atoms with E-state index in [1.807, 2.05) is 36.4 Å². The molecule has 0 saturated carbocycles. The Balaban J connectivity index is 1.94. The Morgan fingerprint density at radius 2 is 2.04 bits per heavy atom. The average Bonchev–Trinajstić information content (AvgIpc) is 2.60. The summed E-state index contributed by atoms with van der Waals surface area (Å²) in [4.78, 5) is 4.45. The predicted molar refractivity (Wildman–Crippen MR) is 96.7 cm³/mol. The number of unbranched alkanes of at least 4 members (excludes halogenated alkanes) is 1. The van der Waals surface area contributed by atoms with Crippen molar-refractivity contribution in [2.24, 2.45) is 0 Å². The van der Waals surface area contributed by atoms with Crippen molar-refractivity contribution in [3.8, 4) is 28.8 Å². The molecule has 0 aliphatic rings. The first-order valence-electron chi connectivity index (χ1n) is 8.12. The molecule has 0 N–H and O–H groups in total. The molecule has 0 radical (unpaired) electrons. The summed E-state index contributed by atoms with van der Waals surface area (Å²) in [5.74, 6) is 6.94. The van der Waals surface area contributed by atoms with Gasteiger partial charge in [0.1, 0.15) is 12.4 Å². The van der Waals surface area contributed by atoms with E-state index in [0.717, 1.165) is 29.0 Å². The van der Waals surface area contributed by atoms with Gasteiger partial charge in [0, 0.05) is 23.7 Å². The fourth-order valence-corrected chi connectivity index (χ4v) is 2.15. The van der Waals surface area contributed by atoms with Gasteiger partial charge in [-0.1, -0.05) is 24.5 Å². The van der Waals surface area contributed by atoms with E-state index in [1.54, 1.807) is 19.2 Å². The molecule has 2 nitrogen and oxygen atoms in total. The summed E-state index contributed by atoms with van der Waals surface area (Å²) in [7, 11) is 0. The maximum Gasteiger partial charge on any atom is 0.119 e. The summed E-state index contributed by atoms with van der Waals surface area (Å²) in [6, 6.07) is 11.7. The van der Waals surface area contributed by atoms with E-state index < -0.39 is 6.17 Å². The van der Waals surface area contributed by atoms with E-state index in [9.17, 15) is 4.39 Å². The molecule has 1 aromatic carbocycles. The molecule has 1 unspecified atom stereocenters. The molecule has 0 amide bonds. The molecule has 0 aliphatic carbocycles. The van der Waals surface area contributed by atoms with Gasteiger partial charge in [0.2, 0.25) is 0 Å². The Hall–Kier alpha value is -2.60. The van der Waals surface area contributed by atoms with Crippen LogP contribution in [-0.4, -0.2) is 17.8 Å². The van der Waals surface area contributed by atoms with E-state index >= 15 is 0 Å². The second-order valence-electron chi connectivity index (χ2n) is 5.53. The summed E-state index contributed by atoms with van der Waals surface area (Å²) >= 11 is 0. The van der Waals surface area contributed by atoms with Crippen molar-refractivity contribution in [3.63, 3.8) is 0 Å². The van der Waals surface area contributed by atoms with Crippen molar-refractivity contribution >= 4 is 0 Å². The fraction of sp³-hybridized carbons (Fsp3) is 0.286. The maximum absolute atomic E-state index is 12.7. The Morgan fingerprint density at radius 1 is 1.25 bits per heavy atom. The van der Waals surface area contributed by atoms with Gasteiger partial charge in [-0.2, -0.15) is 0 Å². The number of rotatable bonds is 7. The third-order valence-corrected chi connectivity index (χ3v) is 3.42. The molecule has 24 heavy (non-hydrogen) atoms. The topological polar surface area (TPSA) is 22.1 Å². The molecule has 3 heteroatoms. The predicted octanol–water partition coefficient (Wildman–Crippen LogP) is 5.19. The van der Waals surface area contributed by atoms with Crippen molar-refractivity contribution in [1.29, 1.82) is 0 Å². The van der Waals surface area contributed by atoms with Crippen LogP contribution in [0.5, 0.6) is 5.75 Å². The van der Waals surface area contributed by atoms with Crippen LogP contribution in [0.25, 0.3) is 11.3 Å². The lowest BCUT2D eigenvalue weighted by atomic mass is 10.1. The number of alkyl halides is 1. The van der Waals surface area contributed by atoms with Crippen molar-refractivity contribution < 1.29 is 9.13 Å². The average molecular weight is 323 g/mol. The lowest BCUT2D eigenvalue weighted by molar-refractivity contribution is 0.336. The second kappa shape index (κ2) is 9.52. The molecule has 2 rings (SSSR count). The van der Waals surface area contributed by atoms with Crippen LogP contribution in [-0.2, 0) is 0 Å². The monoisotopic (exact) mass is 323 g/mol. The van der Waals surface area contributed by atoms with Crippen molar-refractivity contribution in [3.05, 3.63) is 60.8 Å². The third-order valence-electron chi connectivity index (χ3n) is 3.42. The number of hydrogen-bond acceptors (Lipinski definition) is 2. The van der Waals surface area contributed by atoms with Crippen LogP contribution in [0.2, 0.25) is 0 Å². The molecule has 0 saturated heterocycles. The number of ether oxygens (including phenoxy) is 1. The minimum atomic E-state index is -0.749. The normalized spacial score (nSPS) is 11.2. The highest BCUT2D eigenvalue weighted by Crippen LogP contribution is 2.20. The Kier molecular flexibility index (Phi) is 7.04. The van der Waals surface area contributed by atoms with Gasteiger partial charge < -0.3 is 4.74 Å². The summed E-state index contributed by atoms with van der Waals surface area (Å²) < 4.78 is 18.1. The highest BCUT2D eigenvalue weighted by molar-refractivity contribution is 5.60. The number of halogens is 1. The summed E-state index contributed by atoms with van der Waals surface area (Å²) in [6.45, 7) is 5.70. The molecule has 2 aromatic rings. The Morgan fingerprint density at radius 3 is 2.67 bits per heavy atom. The third kappa shape index (κ3) is 5.89. The van der Waals surface area contributed by atoms with Gasteiger partial charge in [0.25, 0.3) is 0 Å². The summed E-state index contributed by atoms with van der Waals surface area (Å²) in [5.41, 5.74) is 2.79. The molecular weight excluding hydrogens is 301 g/mol. The first-order valence-corrected chi connectivity index (χ1v) is 8.12. The number of benzene rings is 1. The van der Waals surface area contributed by atoms with E-state index in [1.165, 1.54) is 0 Å². The van der Waals surface area contributed by atoms with Gasteiger partial charge in [-0.3, -0.25) is 4.98 Å². The Bertz CT molecular complexity index is 693.